The predicted molar refractivity (Wildman–Crippen MR) is 72.8 cm³/mol. The fourth-order valence-corrected chi connectivity index (χ4v) is 2.40. The average Bonchev–Trinajstić information content (AvgIpc) is 2.33. The monoisotopic (exact) mass is 250 g/mol. The van der Waals surface area contributed by atoms with Gasteiger partial charge in [0.05, 0.1) is 10.7 Å². The summed E-state index contributed by atoms with van der Waals surface area (Å²) in [6.45, 7) is 4.06. The maximum Gasteiger partial charge on any atom is 0.103 e. The van der Waals surface area contributed by atoms with E-state index in [-0.39, 0.29) is 6.04 Å². The number of pyridine rings is 1. The zero-order valence-corrected chi connectivity index (χ0v) is 10.9. The number of thiocarbonyl (C=S) groups is 1. The van der Waals surface area contributed by atoms with Crippen molar-refractivity contribution in [2.24, 2.45) is 5.73 Å². The minimum atomic E-state index is -0.0279. The molecule has 0 aliphatic carbocycles. The normalized spacial score (nSPS) is 20.1. The molecule has 2 heterocycles. The molecule has 0 bridgehead atoms. The lowest BCUT2D eigenvalue weighted by Gasteiger charge is -2.37. The number of hydrogen-bond acceptors (Lipinski definition) is 4. The Morgan fingerprint density at radius 2 is 2.06 bits per heavy atom. The third-order valence-electron chi connectivity index (χ3n) is 3.14. The van der Waals surface area contributed by atoms with Crippen LogP contribution in [-0.4, -0.2) is 53.0 Å². The number of rotatable bonds is 3. The van der Waals surface area contributed by atoms with Crippen molar-refractivity contribution >= 4 is 17.2 Å². The van der Waals surface area contributed by atoms with Crippen LogP contribution in [0.15, 0.2) is 24.4 Å². The summed E-state index contributed by atoms with van der Waals surface area (Å²) in [5.74, 6) is 0. The van der Waals surface area contributed by atoms with Gasteiger partial charge in [0.15, 0.2) is 0 Å². The van der Waals surface area contributed by atoms with Crippen molar-refractivity contribution in [1.82, 2.24) is 14.8 Å². The molecule has 1 saturated heterocycles. The van der Waals surface area contributed by atoms with Gasteiger partial charge in [0.2, 0.25) is 0 Å². The maximum atomic E-state index is 5.87. The highest BCUT2D eigenvalue weighted by molar-refractivity contribution is 7.80. The van der Waals surface area contributed by atoms with Gasteiger partial charge >= 0.3 is 0 Å². The molecule has 0 radical (unpaired) electrons. The summed E-state index contributed by atoms with van der Waals surface area (Å²) in [5, 5.41) is 0. The first-order chi connectivity index (χ1) is 8.18. The van der Waals surface area contributed by atoms with E-state index in [1.165, 1.54) is 0 Å². The summed E-state index contributed by atoms with van der Waals surface area (Å²) < 4.78 is 0. The van der Waals surface area contributed by atoms with E-state index >= 15 is 0 Å². The van der Waals surface area contributed by atoms with Crippen LogP contribution in [0.25, 0.3) is 0 Å². The van der Waals surface area contributed by atoms with Gasteiger partial charge in [-0.1, -0.05) is 18.3 Å². The molecule has 92 valence electrons. The van der Waals surface area contributed by atoms with E-state index in [1.807, 2.05) is 18.2 Å². The van der Waals surface area contributed by atoms with E-state index in [1.54, 1.807) is 6.20 Å². The summed E-state index contributed by atoms with van der Waals surface area (Å²) in [5.41, 5.74) is 6.82. The van der Waals surface area contributed by atoms with Crippen LogP contribution in [0.4, 0.5) is 0 Å². The Labute approximate surface area is 107 Å². The van der Waals surface area contributed by atoms with Crippen LogP contribution in [0.5, 0.6) is 0 Å². The van der Waals surface area contributed by atoms with Crippen molar-refractivity contribution < 1.29 is 0 Å². The quantitative estimate of drug-likeness (QED) is 0.798. The second-order valence-corrected chi connectivity index (χ2v) is 4.87. The molecule has 0 amide bonds. The van der Waals surface area contributed by atoms with Gasteiger partial charge in [-0.2, -0.15) is 0 Å². The van der Waals surface area contributed by atoms with E-state index < -0.39 is 0 Å². The van der Waals surface area contributed by atoms with E-state index in [0.717, 1.165) is 31.9 Å². The fraction of sp³-hybridized carbons (Fsp3) is 0.500. The zero-order chi connectivity index (χ0) is 12.3. The third kappa shape index (κ3) is 3.00. The summed E-state index contributed by atoms with van der Waals surface area (Å²) >= 11 is 5.19. The lowest BCUT2D eigenvalue weighted by molar-refractivity contribution is 0.136. The molecule has 1 aliphatic heterocycles. The third-order valence-corrected chi connectivity index (χ3v) is 3.36. The van der Waals surface area contributed by atoms with Gasteiger partial charge in [0.25, 0.3) is 0 Å². The Hall–Kier alpha value is -1.04. The summed E-state index contributed by atoms with van der Waals surface area (Å²) in [6.07, 6.45) is 1.79. The minimum Gasteiger partial charge on any atom is -0.392 e. The Bertz CT molecular complexity index is 373. The van der Waals surface area contributed by atoms with E-state index in [2.05, 4.69) is 21.8 Å². The van der Waals surface area contributed by atoms with Crippen LogP contribution in [0, 0.1) is 0 Å². The van der Waals surface area contributed by atoms with Crippen LogP contribution in [0.3, 0.4) is 0 Å². The Morgan fingerprint density at radius 1 is 1.35 bits per heavy atom. The van der Waals surface area contributed by atoms with Crippen molar-refractivity contribution in [3.8, 4) is 0 Å². The highest BCUT2D eigenvalue weighted by atomic mass is 32.1. The minimum absolute atomic E-state index is 0.0279. The summed E-state index contributed by atoms with van der Waals surface area (Å²) in [7, 11) is 2.13. The number of nitrogens with two attached hydrogens (primary N) is 1. The second kappa shape index (κ2) is 5.53. The Balaban J connectivity index is 2.16. The molecule has 0 spiro atoms. The molecule has 0 aromatic carbocycles. The molecule has 2 N–H and O–H groups in total. The molecule has 4 nitrogen and oxygen atoms in total. The van der Waals surface area contributed by atoms with Crippen LogP contribution in [0.2, 0.25) is 0 Å². The summed E-state index contributed by atoms with van der Waals surface area (Å²) in [4.78, 5) is 9.50. The summed E-state index contributed by atoms with van der Waals surface area (Å²) in [6, 6.07) is 5.84. The van der Waals surface area contributed by atoms with Crippen molar-refractivity contribution in [1.29, 1.82) is 0 Å². The highest BCUT2D eigenvalue weighted by Gasteiger charge is 2.26. The lowest BCUT2D eigenvalue weighted by Crippen LogP contribution is -2.48. The molecule has 1 aromatic rings. The van der Waals surface area contributed by atoms with Crippen LogP contribution >= 0.6 is 12.2 Å². The van der Waals surface area contributed by atoms with Crippen molar-refractivity contribution in [3.63, 3.8) is 0 Å². The molecule has 1 fully saturated rings. The second-order valence-electron chi connectivity index (χ2n) is 4.40. The Morgan fingerprint density at radius 3 is 2.59 bits per heavy atom. The van der Waals surface area contributed by atoms with Gasteiger partial charge in [-0.15, -0.1) is 0 Å². The van der Waals surface area contributed by atoms with E-state index in [4.69, 9.17) is 18.0 Å². The van der Waals surface area contributed by atoms with E-state index in [9.17, 15) is 0 Å². The Kier molecular flexibility index (Phi) is 4.04. The van der Waals surface area contributed by atoms with Gasteiger partial charge in [-0.05, 0) is 19.2 Å². The molecule has 1 aliphatic rings. The van der Waals surface area contributed by atoms with Crippen molar-refractivity contribution in [2.45, 2.75) is 6.04 Å². The molecule has 1 unspecified atom stereocenters. The SMILES string of the molecule is CN1CCN(C(C(N)=S)c2ccccn2)CC1. The molecule has 0 saturated carbocycles. The standard InChI is InChI=1S/C12H18N4S/c1-15-6-8-16(9-7-15)11(12(13)17)10-4-2-3-5-14-10/h2-5,11H,6-9H2,1H3,(H2,13,17). The fourth-order valence-electron chi connectivity index (χ4n) is 2.13. The maximum absolute atomic E-state index is 5.87. The number of hydrogen-bond donors (Lipinski definition) is 1. The van der Waals surface area contributed by atoms with Gasteiger partial charge in [0, 0.05) is 32.4 Å². The van der Waals surface area contributed by atoms with Crippen LogP contribution in [-0.2, 0) is 0 Å². The lowest BCUT2D eigenvalue weighted by atomic mass is 10.1. The molecule has 17 heavy (non-hydrogen) atoms. The molecular weight excluding hydrogens is 232 g/mol. The largest absolute Gasteiger partial charge is 0.392 e. The van der Waals surface area contributed by atoms with Crippen molar-refractivity contribution in [3.05, 3.63) is 30.1 Å². The first-order valence-electron chi connectivity index (χ1n) is 5.81. The molecule has 1 aromatic heterocycles. The zero-order valence-electron chi connectivity index (χ0n) is 10.0. The van der Waals surface area contributed by atoms with E-state index in [0.29, 0.717) is 4.99 Å². The topological polar surface area (TPSA) is 45.4 Å². The number of nitrogens with zero attached hydrogens (tertiary/aromatic N) is 3. The molecule has 1 atom stereocenters. The first-order valence-corrected chi connectivity index (χ1v) is 6.22. The number of aromatic nitrogens is 1. The van der Waals surface area contributed by atoms with Gasteiger partial charge in [-0.3, -0.25) is 9.88 Å². The van der Waals surface area contributed by atoms with Gasteiger partial charge < -0.3 is 10.6 Å². The number of likely N-dealkylation sites (N-methyl/N-ethyl adjacent to an activating group) is 1. The smallest absolute Gasteiger partial charge is 0.103 e. The van der Waals surface area contributed by atoms with Gasteiger partial charge in [-0.25, -0.2) is 0 Å². The molecular formula is C12H18N4S. The highest BCUT2D eigenvalue weighted by Crippen LogP contribution is 2.20. The molecule has 2 rings (SSSR count). The number of piperazine rings is 1. The van der Waals surface area contributed by atoms with Gasteiger partial charge in [0.1, 0.15) is 6.04 Å². The van der Waals surface area contributed by atoms with Crippen LogP contribution in [0.1, 0.15) is 11.7 Å². The first kappa shape index (κ1) is 12.4. The molecule has 5 heteroatoms. The predicted octanol–water partition coefficient (Wildman–Crippen LogP) is 0.656. The van der Waals surface area contributed by atoms with Crippen molar-refractivity contribution in [2.75, 3.05) is 33.2 Å². The average molecular weight is 250 g/mol. The van der Waals surface area contributed by atoms with Crippen LogP contribution < -0.4 is 5.73 Å².